The zero-order valence-corrected chi connectivity index (χ0v) is 21.6. The Bertz CT molecular complexity index is 1130. The minimum atomic E-state index is -0.267. The molecule has 1 unspecified atom stereocenters. The van der Waals surface area contributed by atoms with Crippen molar-refractivity contribution >= 4 is 5.91 Å². The van der Waals surface area contributed by atoms with Crippen molar-refractivity contribution in [2.45, 2.75) is 45.8 Å². The number of rotatable bonds is 10. The van der Waals surface area contributed by atoms with Crippen LogP contribution in [0, 0.1) is 5.92 Å². The first-order valence-electron chi connectivity index (χ1n) is 12.2. The van der Waals surface area contributed by atoms with E-state index >= 15 is 0 Å². The van der Waals surface area contributed by atoms with E-state index in [0.717, 1.165) is 54.6 Å². The highest BCUT2D eigenvalue weighted by molar-refractivity contribution is 5.91. The van der Waals surface area contributed by atoms with Crippen LogP contribution in [-0.4, -0.2) is 60.0 Å². The third-order valence-electron chi connectivity index (χ3n) is 6.42. The Morgan fingerprint density at radius 2 is 1.83 bits per heavy atom. The molecule has 3 aromatic rings. The van der Waals surface area contributed by atoms with E-state index in [1.807, 2.05) is 12.1 Å². The fourth-order valence-electron chi connectivity index (χ4n) is 4.60. The molecule has 10 heteroatoms. The van der Waals surface area contributed by atoms with Crippen molar-refractivity contribution in [3.63, 3.8) is 0 Å². The summed E-state index contributed by atoms with van der Waals surface area (Å²) >= 11 is 0. The van der Waals surface area contributed by atoms with Gasteiger partial charge in [-0.25, -0.2) is 0 Å². The maximum absolute atomic E-state index is 12.7. The van der Waals surface area contributed by atoms with Crippen molar-refractivity contribution in [2.75, 3.05) is 34.4 Å². The van der Waals surface area contributed by atoms with Crippen LogP contribution in [0.15, 0.2) is 34.9 Å². The van der Waals surface area contributed by atoms with E-state index in [2.05, 4.69) is 38.8 Å². The summed E-state index contributed by atoms with van der Waals surface area (Å²) in [6.45, 7) is 7.23. The van der Waals surface area contributed by atoms with Crippen molar-refractivity contribution in [3.05, 3.63) is 53.5 Å². The Labute approximate surface area is 211 Å². The van der Waals surface area contributed by atoms with Crippen molar-refractivity contribution in [1.82, 2.24) is 25.0 Å². The molecule has 36 heavy (non-hydrogen) atoms. The third-order valence-corrected chi connectivity index (χ3v) is 6.42. The summed E-state index contributed by atoms with van der Waals surface area (Å²) in [6.07, 6.45) is 2.99. The topological polar surface area (TPSA) is 104 Å². The summed E-state index contributed by atoms with van der Waals surface area (Å²) in [5.41, 5.74) is 0.974. The molecular formula is C26H35N5O5. The van der Waals surface area contributed by atoms with Crippen LogP contribution in [0.2, 0.25) is 0 Å². The molecule has 10 nitrogen and oxygen atoms in total. The predicted octanol–water partition coefficient (Wildman–Crippen LogP) is 3.47. The van der Waals surface area contributed by atoms with Gasteiger partial charge in [0, 0.05) is 44.7 Å². The van der Waals surface area contributed by atoms with Gasteiger partial charge in [0.2, 0.25) is 0 Å². The minimum Gasteiger partial charge on any atom is -0.496 e. The molecular weight excluding hydrogens is 462 g/mol. The molecule has 2 aromatic heterocycles. The molecule has 0 saturated carbocycles. The van der Waals surface area contributed by atoms with Crippen LogP contribution in [0.1, 0.15) is 54.1 Å². The third kappa shape index (κ3) is 5.64. The standard InChI is InChI=1S/C26H35N5O5/c1-17(2)13-20(27-26(32)21-7-6-12-36-21)25-29-28-24-8-9-30(10-11-31(24)25)16-19-22(34-4)14-18(33-3)15-23(19)35-5/h6-7,12,14-15,17,20H,8-11,13,16H2,1-5H3,(H,27,32). The number of carbonyl (C=O) groups is 1. The maximum atomic E-state index is 12.7. The van der Waals surface area contributed by atoms with Crippen LogP contribution in [0.4, 0.5) is 0 Å². The predicted molar refractivity (Wildman–Crippen MR) is 133 cm³/mol. The number of nitrogens with zero attached hydrogens (tertiary/aromatic N) is 4. The highest BCUT2D eigenvalue weighted by Crippen LogP contribution is 2.35. The second-order valence-corrected chi connectivity index (χ2v) is 9.30. The molecule has 0 aliphatic carbocycles. The molecule has 4 rings (SSSR count). The Morgan fingerprint density at radius 1 is 1.08 bits per heavy atom. The number of hydrogen-bond donors (Lipinski definition) is 1. The lowest BCUT2D eigenvalue weighted by Crippen LogP contribution is -2.32. The quantitative estimate of drug-likeness (QED) is 0.454. The molecule has 194 valence electrons. The van der Waals surface area contributed by atoms with Crippen LogP contribution in [0.3, 0.4) is 0 Å². The number of furan rings is 1. The molecule has 1 aromatic carbocycles. The first kappa shape index (κ1) is 25.6. The van der Waals surface area contributed by atoms with E-state index in [0.29, 0.717) is 24.8 Å². The van der Waals surface area contributed by atoms with Crippen LogP contribution in [-0.2, 0) is 19.5 Å². The van der Waals surface area contributed by atoms with Crippen LogP contribution in [0.5, 0.6) is 17.2 Å². The number of carbonyl (C=O) groups excluding carboxylic acids is 1. The van der Waals surface area contributed by atoms with Crippen molar-refractivity contribution in [1.29, 1.82) is 0 Å². The number of methoxy groups -OCH3 is 3. The minimum absolute atomic E-state index is 0.253. The second kappa shape index (κ2) is 11.5. The van der Waals surface area contributed by atoms with Gasteiger partial charge < -0.3 is 28.5 Å². The molecule has 0 fully saturated rings. The lowest BCUT2D eigenvalue weighted by Gasteiger charge is -2.24. The van der Waals surface area contributed by atoms with Gasteiger partial charge in [-0.3, -0.25) is 9.69 Å². The Morgan fingerprint density at radius 3 is 2.44 bits per heavy atom. The van der Waals surface area contributed by atoms with Gasteiger partial charge in [-0.15, -0.1) is 10.2 Å². The van der Waals surface area contributed by atoms with Gasteiger partial charge in [0.1, 0.15) is 23.1 Å². The van der Waals surface area contributed by atoms with Gasteiger partial charge >= 0.3 is 0 Å². The van der Waals surface area contributed by atoms with Crippen molar-refractivity contribution in [2.24, 2.45) is 5.92 Å². The Kier molecular flexibility index (Phi) is 8.14. The van der Waals surface area contributed by atoms with E-state index in [-0.39, 0.29) is 17.7 Å². The summed E-state index contributed by atoms with van der Waals surface area (Å²) < 4.78 is 24.1. The van der Waals surface area contributed by atoms with Gasteiger partial charge in [0.05, 0.1) is 39.2 Å². The molecule has 1 aliphatic heterocycles. The van der Waals surface area contributed by atoms with Crippen LogP contribution >= 0.6 is 0 Å². The largest absolute Gasteiger partial charge is 0.496 e. The van der Waals surface area contributed by atoms with E-state index in [9.17, 15) is 4.79 Å². The molecule has 0 bridgehead atoms. The number of amides is 1. The second-order valence-electron chi connectivity index (χ2n) is 9.30. The van der Waals surface area contributed by atoms with Gasteiger partial charge in [0.25, 0.3) is 5.91 Å². The summed E-state index contributed by atoms with van der Waals surface area (Å²) in [7, 11) is 4.93. The average molecular weight is 498 g/mol. The average Bonchev–Trinajstić information content (AvgIpc) is 3.51. The summed E-state index contributed by atoms with van der Waals surface area (Å²) in [5, 5.41) is 12.1. The molecule has 3 heterocycles. The smallest absolute Gasteiger partial charge is 0.287 e. The molecule has 1 amide bonds. The van der Waals surface area contributed by atoms with Crippen LogP contribution < -0.4 is 19.5 Å². The zero-order chi connectivity index (χ0) is 25.7. The fraction of sp³-hybridized carbons (Fsp3) is 0.500. The highest BCUT2D eigenvalue weighted by atomic mass is 16.5. The van der Waals surface area contributed by atoms with Crippen molar-refractivity contribution in [3.8, 4) is 17.2 Å². The molecule has 1 aliphatic rings. The van der Waals surface area contributed by atoms with Gasteiger partial charge in [-0.1, -0.05) is 13.8 Å². The number of hydrogen-bond acceptors (Lipinski definition) is 8. The number of ether oxygens (including phenoxy) is 3. The maximum Gasteiger partial charge on any atom is 0.287 e. The van der Waals surface area contributed by atoms with E-state index in [1.165, 1.54) is 6.26 Å². The Hall–Kier alpha value is -3.53. The molecule has 0 spiro atoms. The molecule has 0 radical (unpaired) electrons. The SMILES string of the molecule is COc1cc(OC)c(CN2CCc3nnc(C(CC(C)C)NC(=O)c4ccco4)n3CC2)c(OC)c1. The number of benzene rings is 1. The van der Waals surface area contributed by atoms with Gasteiger partial charge in [-0.2, -0.15) is 0 Å². The molecule has 1 atom stereocenters. The lowest BCUT2D eigenvalue weighted by molar-refractivity contribution is 0.0900. The summed E-state index contributed by atoms with van der Waals surface area (Å²) in [5.74, 6) is 4.23. The molecule has 1 N–H and O–H groups in total. The highest BCUT2D eigenvalue weighted by Gasteiger charge is 2.27. The van der Waals surface area contributed by atoms with E-state index in [4.69, 9.17) is 18.6 Å². The van der Waals surface area contributed by atoms with Crippen LogP contribution in [0.25, 0.3) is 0 Å². The number of fused-ring (bicyclic) bond motifs is 1. The first-order chi connectivity index (χ1) is 17.4. The van der Waals surface area contributed by atoms with E-state index < -0.39 is 0 Å². The zero-order valence-electron chi connectivity index (χ0n) is 21.6. The molecule has 0 saturated heterocycles. The van der Waals surface area contributed by atoms with Crippen molar-refractivity contribution < 1.29 is 23.4 Å². The summed E-state index contributed by atoms with van der Waals surface area (Å²) in [4.78, 5) is 15.1. The monoisotopic (exact) mass is 497 g/mol. The van der Waals surface area contributed by atoms with Gasteiger partial charge in [0.15, 0.2) is 11.6 Å². The number of aromatic nitrogens is 3. The lowest BCUT2D eigenvalue weighted by atomic mass is 10.0. The first-order valence-corrected chi connectivity index (χ1v) is 12.2. The normalized spacial score (nSPS) is 14.7. The summed E-state index contributed by atoms with van der Waals surface area (Å²) in [6, 6.07) is 6.85. The Balaban J connectivity index is 1.52. The number of nitrogens with one attached hydrogen (secondary N) is 1. The fourth-order valence-corrected chi connectivity index (χ4v) is 4.60. The van der Waals surface area contributed by atoms with E-state index in [1.54, 1.807) is 33.5 Å². The van der Waals surface area contributed by atoms with Gasteiger partial charge in [-0.05, 0) is 24.5 Å².